The number of aromatic nitrogens is 2. The molecule has 1 fully saturated rings. The van der Waals surface area contributed by atoms with Crippen LogP contribution in [0.5, 0.6) is 0 Å². The fourth-order valence-corrected chi connectivity index (χ4v) is 2.23. The highest BCUT2D eigenvalue weighted by Crippen LogP contribution is 2.26. The molecule has 0 aliphatic heterocycles. The van der Waals surface area contributed by atoms with Crippen LogP contribution < -0.4 is 0 Å². The molecule has 1 aromatic rings. The van der Waals surface area contributed by atoms with E-state index in [1.807, 2.05) is 0 Å². The number of carbonyl (C=O) groups is 1. The minimum atomic E-state index is -0.243. The quantitative estimate of drug-likeness (QED) is 0.720. The summed E-state index contributed by atoms with van der Waals surface area (Å²) in [6, 6.07) is 0. The van der Waals surface area contributed by atoms with Gasteiger partial charge < -0.3 is 4.74 Å². The topological polar surface area (TPSA) is 44.1 Å². The SMILES string of the molecule is CC1CCCC(OC(=O)c2cnn(C)c2)C1. The standard InChI is InChI=1S/C12H18N2O2/c1-9-4-3-5-11(6-9)16-12(15)10-7-13-14(2)8-10/h7-9,11H,3-6H2,1-2H3. The molecule has 2 unspecified atom stereocenters. The van der Waals surface area contributed by atoms with Crippen LogP contribution in [0.3, 0.4) is 0 Å². The average molecular weight is 222 g/mol. The Balaban J connectivity index is 1.92. The molecule has 0 amide bonds. The van der Waals surface area contributed by atoms with E-state index < -0.39 is 0 Å². The predicted octanol–water partition coefficient (Wildman–Crippen LogP) is 2.16. The maximum Gasteiger partial charge on any atom is 0.341 e. The predicted molar refractivity (Wildman–Crippen MR) is 60.0 cm³/mol. The molecule has 1 heterocycles. The third-order valence-electron chi connectivity index (χ3n) is 3.10. The van der Waals surface area contributed by atoms with Crippen molar-refractivity contribution < 1.29 is 9.53 Å². The molecule has 0 N–H and O–H groups in total. The van der Waals surface area contributed by atoms with Crippen molar-refractivity contribution in [3.63, 3.8) is 0 Å². The number of rotatable bonds is 2. The van der Waals surface area contributed by atoms with Crippen LogP contribution in [0.4, 0.5) is 0 Å². The first-order valence-electron chi connectivity index (χ1n) is 5.85. The third-order valence-corrected chi connectivity index (χ3v) is 3.10. The molecule has 0 radical (unpaired) electrons. The van der Waals surface area contributed by atoms with Crippen molar-refractivity contribution in [3.05, 3.63) is 18.0 Å². The Kier molecular flexibility index (Phi) is 3.27. The van der Waals surface area contributed by atoms with Crippen molar-refractivity contribution >= 4 is 5.97 Å². The fraction of sp³-hybridized carbons (Fsp3) is 0.667. The van der Waals surface area contributed by atoms with Crippen LogP contribution in [0.15, 0.2) is 12.4 Å². The Hall–Kier alpha value is -1.32. The Morgan fingerprint density at radius 3 is 3.00 bits per heavy atom. The van der Waals surface area contributed by atoms with Crippen molar-refractivity contribution in [3.8, 4) is 0 Å². The van der Waals surface area contributed by atoms with E-state index in [1.54, 1.807) is 24.1 Å². The third kappa shape index (κ3) is 2.62. The highest BCUT2D eigenvalue weighted by Gasteiger charge is 2.23. The Morgan fingerprint density at radius 1 is 1.56 bits per heavy atom. The van der Waals surface area contributed by atoms with Crippen molar-refractivity contribution in [2.75, 3.05) is 0 Å². The van der Waals surface area contributed by atoms with E-state index in [4.69, 9.17) is 4.74 Å². The molecule has 0 bridgehead atoms. The average Bonchev–Trinajstić information content (AvgIpc) is 2.65. The minimum absolute atomic E-state index is 0.0939. The molecule has 1 aliphatic carbocycles. The zero-order valence-corrected chi connectivity index (χ0v) is 9.85. The number of hydrogen-bond acceptors (Lipinski definition) is 3. The number of esters is 1. The molecule has 1 aromatic heterocycles. The summed E-state index contributed by atoms with van der Waals surface area (Å²) in [5, 5.41) is 3.96. The van der Waals surface area contributed by atoms with Gasteiger partial charge in [0.25, 0.3) is 0 Å². The minimum Gasteiger partial charge on any atom is -0.459 e. The molecule has 0 aromatic carbocycles. The number of aryl methyl sites for hydroxylation is 1. The molecule has 2 rings (SSSR count). The molecule has 88 valence electrons. The molecule has 4 nitrogen and oxygen atoms in total. The summed E-state index contributed by atoms with van der Waals surface area (Å²) in [6.45, 7) is 2.21. The van der Waals surface area contributed by atoms with Gasteiger partial charge in [-0.15, -0.1) is 0 Å². The van der Waals surface area contributed by atoms with Gasteiger partial charge in [-0.05, 0) is 25.2 Å². The first-order valence-corrected chi connectivity index (χ1v) is 5.85. The molecule has 1 aliphatic rings. The van der Waals surface area contributed by atoms with Crippen LogP contribution in [-0.4, -0.2) is 21.9 Å². The van der Waals surface area contributed by atoms with Gasteiger partial charge in [0, 0.05) is 13.2 Å². The Morgan fingerprint density at radius 2 is 2.38 bits per heavy atom. The van der Waals surface area contributed by atoms with Crippen molar-refractivity contribution in [2.24, 2.45) is 13.0 Å². The molecule has 1 saturated carbocycles. The summed E-state index contributed by atoms with van der Waals surface area (Å²) < 4.78 is 7.08. The van der Waals surface area contributed by atoms with Gasteiger partial charge >= 0.3 is 5.97 Å². The van der Waals surface area contributed by atoms with Gasteiger partial charge in [-0.2, -0.15) is 5.10 Å². The van der Waals surface area contributed by atoms with Gasteiger partial charge in [0.05, 0.1) is 11.8 Å². The van der Waals surface area contributed by atoms with E-state index in [0.29, 0.717) is 11.5 Å². The molecule has 0 spiro atoms. The van der Waals surface area contributed by atoms with Crippen LogP contribution in [0.1, 0.15) is 43.0 Å². The van der Waals surface area contributed by atoms with Gasteiger partial charge in [-0.3, -0.25) is 4.68 Å². The van der Waals surface area contributed by atoms with E-state index in [-0.39, 0.29) is 12.1 Å². The van der Waals surface area contributed by atoms with Crippen molar-refractivity contribution in [2.45, 2.75) is 38.7 Å². The van der Waals surface area contributed by atoms with E-state index >= 15 is 0 Å². The Labute approximate surface area is 95.6 Å². The second kappa shape index (κ2) is 4.68. The lowest BCUT2D eigenvalue weighted by atomic mass is 9.89. The van der Waals surface area contributed by atoms with E-state index in [0.717, 1.165) is 19.3 Å². The van der Waals surface area contributed by atoms with Crippen molar-refractivity contribution in [1.82, 2.24) is 9.78 Å². The van der Waals surface area contributed by atoms with Crippen LogP contribution in [0, 0.1) is 5.92 Å². The van der Waals surface area contributed by atoms with Crippen LogP contribution in [0.25, 0.3) is 0 Å². The highest BCUT2D eigenvalue weighted by atomic mass is 16.5. The van der Waals surface area contributed by atoms with Gasteiger partial charge in [-0.1, -0.05) is 13.3 Å². The summed E-state index contributed by atoms with van der Waals surface area (Å²) in [5.74, 6) is 0.424. The summed E-state index contributed by atoms with van der Waals surface area (Å²) in [7, 11) is 1.79. The smallest absolute Gasteiger partial charge is 0.341 e. The lowest BCUT2D eigenvalue weighted by molar-refractivity contribution is 0.0155. The summed E-state index contributed by atoms with van der Waals surface area (Å²) >= 11 is 0. The summed E-state index contributed by atoms with van der Waals surface area (Å²) in [5.41, 5.74) is 0.542. The molecule has 0 saturated heterocycles. The highest BCUT2D eigenvalue weighted by molar-refractivity contribution is 5.88. The molecular formula is C12H18N2O2. The molecule has 4 heteroatoms. The van der Waals surface area contributed by atoms with E-state index in [1.165, 1.54) is 6.42 Å². The summed E-state index contributed by atoms with van der Waals surface area (Å²) in [6.07, 6.45) is 7.73. The van der Waals surface area contributed by atoms with Gasteiger partial charge in [0.15, 0.2) is 0 Å². The normalized spacial score (nSPS) is 25.4. The molecular weight excluding hydrogens is 204 g/mol. The Bertz CT molecular complexity index is 373. The van der Waals surface area contributed by atoms with E-state index in [2.05, 4.69) is 12.0 Å². The molecule has 2 atom stereocenters. The fourth-order valence-electron chi connectivity index (χ4n) is 2.23. The zero-order valence-electron chi connectivity index (χ0n) is 9.85. The number of ether oxygens (including phenoxy) is 1. The first-order chi connectivity index (χ1) is 7.65. The molecule has 16 heavy (non-hydrogen) atoms. The lowest BCUT2D eigenvalue weighted by Crippen LogP contribution is -2.24. The van der Waals surface area contributed by atoms with Crippen LogP contribution >= 0.6 is 0 Å². The lowest BCUT2D eigenvalue weighted by Gasteiger charge is -2.26. The van der Waals surface area contributed by atoms with Gasteiger partial charge in [0.1, 0.15) is 6.10 Å². The largest absolute Gasteiger partial charge is 0.459 e. The number of hydrogen-bond donors (Lipinski definition) is 0. The van der Waals surface area contributed by atoms with E-state index in [9.17, 15) is 4.79 Å². The van der Waals surface area contributed by atoms with Crippen LogP contribution in [-0.2, 0) is 11.8 Å². The zero-order chi connectivity index (χ0) is 11.5. The second-order valence-corrected chi connectivity index (χ2v) is 4.70. The summed E-state index contributed by atoms with van der Waals surface area (Å²) in [4.78, 5) is 11.8. The number of nitrogens with zero attached hydrogens (tertiary/aromatic N) is 2. The maximum absolute atomic E-state index is 11.8. The second-order valence-electron chi connectivity index (χ2n) is 4.70. The van der Waals surface area contributed by atoms with Crippen LogP contribution in [0.2, 0.25) is 0 Å². The van der Waals surface area contributed by atoms with Crippen molar-refractivity contribution in [1.29, 1.82) is 0 Å². The maximum atomic E-state index is 11.8. The van der Waals surface area contributed by atoms with Gasteiger partial charge in [-0.25, -0.2) is 4.79 Å². The van der Waals surface area contributed by atoms with Gasteiger partial charge in [0.2, 0.25) is 0 Å². The monoisotopic (exact) mass is 222 g/mol. The number of carbonyl (C=O) groups excluding carboxylic acids is 1. The first kappa shape index (κ1) is 11.2.